The molecule has 13 atom stereocenters. The van der Waals surface area contributed by atoms with Gasteiger partial charge in [0.15, 0.2) is 54.1 Å². The number of hydrogen-bond donors (Lipinski definition) is 3. The van der Waals surface area contributed by atoms with Crippen molar-refractivity contribution in [2.45, 2.75) is 181 Å². The first-order chi connectivity index (χ1) is 38.1. The molecule has 0 saturated carbocycles. The van der Waals surface area contributed by atoms with Gasteiger partial charge in [-0.15, -0.1) is 0 Å². The van der Waals surface area contributed by atoms with Crippen LogP contribution in [0.3, 0.4) is 0 Å². The largest absolute Gasteiger partial charge is 0.552 e. The lowest BCUT2D eigenvalue weighted by molar-refractivity contribution is -0.0596. The minimum atomic E-state index is -2.25. The number of para-hydroxylation sites is 1. The number of carbonyl (C=O) groups is 1. The van der Waals surface area contributed by atoms with Crippen molar-refractivity contribution in [3.63, 3.8) is 0 Å². The third-order valence-corrected chi connectivity index (χ3v) is 22.0. The molecule has 23 nitrogen and oxygen atoms in total. The van der Waals surface area contributed by atoms with Gasteiger partial charge < -0.3 is 38.7 Å². The zero-order valence-electron chi connectivity index (χ0n) is 47.4. The van der Waals surface area contributed by atoms with Crippen LogP contribution in [0.5, 0.6) is 5.75 Å². The maximum Gasteiger partial charge on any atom is 0.552 e. The lowest BCUT2D eigenvalue weighted by atomic mass is 9.99. The summed E-state index contributed by atoms with van der Waals surface area (Å²) in [6.07, 6.45) is 11.0. The van der Waals surface area contributed by atoms with Crippen LogP contribution in [0.25, 0.3) is 16.9 Å². The fourth-order valence-electron chi connectivity index (χ4n) is 11.5. The molecular formula is C56H81N9O14PSi+. The number of hydrogen-bond acceptors (Lipinski definition) is 16. The third kappa shape index (κ3) is 13.4. The standard InChI is InChI=1S/C21H35N3O4Si.C14H17N3O5.C13H17N3O3.C7H8O2P.CH4/c1-8-17-18(26)19(28-29(13(2)3,14(4)5)15(6)7)21(27-17)24-11-9-16(25)20-22-10-12-23(20)24;1-3-10-8(2)11(22-14(19)20)13(21-10)17-6-4-9(18)12-15-5-7-16(12)17;1-3-10-8(2)11(18)13(19-10)16-6-4-9(17)12-14-5-7-15(12)16;1-10(8)9-7-5-3-2-4-6-7;/h9-15,17-19,21,26H,8H2,1-7H3;4-8,10-11,13H,3H2,1-2H3,(H,19,20);4-8,10-11,13,18H,3H2,1-2H3;2-6H,1H3;1H4/q;;;+1;/t17-,18-,19-,21-;2*8-,10-,11-,13-;;/m111../s1. The summed E-state index contributed by atoms with van der Waals surface area (Å²) in [5.41, 5.74) is 1.59. The second-order valence-electron chi connectivity index (χ2n) is 21.2. The Kier molecular flexibility index (Phi) is 21.7. The Morgan fingerprint density at radius 2 is 1.00 bits per heavy atom. The van der Waals surface area contributed by atoms with Crippen molar-refractivity contribution in [3.8, 4) is 5.75 Å². The van der Waals surface area contributed by atoms with Crippen molar-refractivity contribution >= 4 is 39.4 Å². The van der Waals surface area contributed by atoms with Crippen LogP contribution in [0.4, 0.5) is 4.79 Å². The van der Waals surface area contributed by atoms with E-state index in [1.54, 1.807) is 84.6 Å². The first-order valence-electron chi connectivity index (χ1n) is 27.3. The normalized spacial score (nSPS) is 25.5. The Morgan fingerprint density at radius 1 is 0.605 bits per heavy atom. The van der Waals surface area contributed by atoms with E-state index in [2.05, 4.69) is 56.5 Å². The van der Waals surface area contributed by atoms with Crippen molar-refractivity contribution in [2.24, 2.45) is 11.8 Å². The highest BCUT2D eigenvalue weighted by atomic mass is 31.1. The lowest BCUT2D eigenvalue weighted by Gasteiger charge is -2.45. The van der Waals surface area contributed by atoms with E-state index in [4.69, 9.17) is 33.0 Å². The van der Waals surface area contributed by atoms with Crippen molar-refractivity contribution in [1.29, 1.82) is 0 Å². The van der Waals surface area contributed by atoms with E-state index in [9.17, 15) is 34.0 Å². The van der Waals surface area contributed by atoms with Crippen LogP contribution in [0, 0.1) is 11.8 Å². The van der Waals surface area contributed by atoms with Gasteiger partial charge in [0.2, 0.25) is 24.6 Å². The summed E-state index contributed by atoms with van der Waals surface area (Å²) in [5, 5.41) is 30.4. The molecule has 10 rings (SSSR count). The second kappa shape index (κ2) is 27.6. The first-order valence-corrected chi connectivity index (χ1v) is 31.0. The van der Waals surface area contributed by atoms with E-state index in [0.29, 0.717) is 40.1 Å². The van der Waals surface area contributed by atoms with Crippen LogP contribution in [0.2, 0.25) is 16.6 Å². The van der Waals surface area contributed by atoms with Crippen molar-refractivity contribution in [3.05, 3.63) is 135 Å². The minimum absolute atomic E-state index is 0. The van der Waals surface area contributed by atoms with Gasteiger partial charge in [0.25, 0.3) is 0 Å². The van der Waals surface area contributed by atoms with E-state index in [1.807, 2.05) is 57.5 Å². The number of carboxylic acid groups (broad SMARTS) is 1. The van der Waals surface area contributed by atoms with Crippen LogP contribution in [-0.4, -0.2) is 122 Å². The van der Waals surface area contributed by atoms with Gasteiger partial charge in [-0.25, -0.2) is 33.3 Å². The number of aliphatic hydroxyl groups excluding tert-OH is 2. The molecule has 6 aromatic heterocycles. The highest BCUT2D eigenvalue weighted by molar-refractivity contribution is 7.38. The number of aromatic nitrogens is 9. The molecule has 0 spiro atoms. The van der Waals surface area contributed by atoms with E-state index in [0.717, 1.165) is 12.8 Å². The topological polar surface area (TPSA) is 268 Å². The van der Waals surface area contributed by atoms with Crippen molar-refractivity contribution < 1.29 is 52.6 Å². The van der Waals surface area contributed by atoms with E-state index in [-0.39, 0.29) is 59.5 Å². The van der Waals surface area contributed by atoms with Crippen LogP contribution in [0.15, 0.2) is 119 Å². The summed E-state index contributed by atoms with van der Waals surface area (Å²) in [6.45, 7) is 24.8. The van der Waals surface area contributed by atoms with E-state index in [1.165, 1.54) is 31.1 Å². The SMILES string of the molecule is C.CC[C@H]1O[C@@H](n2ccc(=O)c3nccn32)[C@H](O)[C@@H]1C.CC[C@H]1O[C@@H](n2ccc(=O)c3nccn32)[C@H](OC(=O)O)[C@@H]1C.CC[C@H]1O[C@@H](n2ccc(=O)c3nccn32)[C@H](O[Si](C(C)C)(C(C)C)C(C)C)[C@@H]1O.C[P+](=O)Oc1ccccc1. The molecule has 3 fully saturated rings. The van der Waals surface area contributed by atoms with E-state index < -0.39 is 65.6 Å². The number of fused-ring (bicyclic) bond motifs is 3. The highest BCUT2D eigenvalue weighted by Crippen LogP contribution is 2.47. The van der Waals surface area contributed by atoms with E-state index >= 15 is 0 Å². The summed E-state index contributed by atoms with van der Waals surface area (Å²) >= 11 is 0. The number of rotatable bonds is 14. The number of imidazole rings is 3. The molecule has 9 heterocycles. The summed E-state index contributed by atoms with van der Waals surface area (Å²) in [7, 11) is -3.78. The Hall–Kier alpha value is -6.37. The van der Waals surface area contributed by atoms with Gasteiger partial charge >= 0.3 is 14.2 Å². The molecule has 1 unspecified atom stereocenters. The molecule has 7 aromatic rings. The van der Waals surface area contributed by atoms with Gasteiger partial charge in [0, 0.05) is 85.8 Å². The monoisotopic (exact) mass is 1160 g/mol. The first kappa shape index (κ1) is 63.8. The predicted molar refractivity (Wildman–Crippen MR) is 307 cm³/mol. The molecule has 81 heavy (non-hydrogen) atoms. The van der Waals surface area contributed by atoms with Gasteiger partial charge in [-0.05, 0) is 52.6 Å². The molecule has 442 valence electrons. The fourth-order valence-corrected chi connectivity index (χ4v) is 17.5. The highest BCUT2D eigenvalue weighted by Gasteiger charge is 2.54. The van der Waals surface area contributed by atoms with Crippen molar-refractivity contribution in [2.75, 3.05) is 6.66 Å². The Balaban J connectivity index is 0.000000182. The zero-order chi connectivity index (χ0) is 58.3. The Morgan fingerprint density at radius 3 is 1.40 bits per heavy atom. The maximum absolute atomic E-state index is 12.2. The van der Waals surface area contributed by atoms with Gasteiger partial charge in [0.1, 0.15) is 18.3 Å². The molecule has 3 N–H and O–H groups in total. The van der Waals surface area contributed by atoms with Crippen LogP contribution >= 0.6 is 8.03 Å². The minimum Gasteiger partial charge on any atom is -0.450 e. The zero-order valence-corrected chi connectivity index (χ0v) is 49.3. The fraction of sp³-hybridized carbons (Fsp3) is 0.554. The number of benzene rings is 1. The van der Waals surface area contributed by atoms with Crippen molar-refractivity contribution in [1.82, 2.24) is 42.5 Å². The molecule has 0 bridgehead atoms. The quantitative estimate of drug-likeness (QED) is 0.0520. The summed E-state index contributed by atoms with van der Waals surface area (Å²) in [6, 6.07) is 13.4. The number of aliphatic hydroxyl groups is 2. The van der Waals surface area contributed by atoms with Gasteiger partial charge in [-0.2, -0.15) is 0 Å². The van der Waals surface area contributed by atoms with Crippen LogP contribution < -0.4 is 20.8 Å². The molecule has 3 saturated heterocycles. The molecule has 25 heteroatoms. The number of ether oxygens (including phenoxy) is 4. The summed E-state index contributed by atoms with van der Waals surface area (Å²) < 4.78 is 55.7. The van der Waals surface area contributed by atoms with Gasteiger partial charge in [0.05, 0.1) is 18.3 Å². The van der Waals surface area contributed by atoms with Gasteiger partial charge in [-0.3, -0.25) is 33.0 Å². The van der Waals surface area contributed by atoms with Crippen LogP contribution in [-0.2, 0) is 27.9 Å². The summed E-state index contributed by atoms with van der Waals surface area (Å²) in [5.74, 6) is 0.628. The lowest BCUT2D eigenvalue weighted by Crippen LogP contribution is -2.53. The second-order valence-corrected chi connectivity index (χ2v) is 27.6. The molecule has 0 amide bonds. The Bertz CT molecular complexity index is 3340. The maximum atomic E-state index is 12.2. The molecule has 3 aliphatic heterocycles. The van der Waals surface area contributed by atoms with Gasteiger partial charge in [-0.1, -0.05) is 102 Å². The van der Waals surface area contributed by atoms with Crippen LogP contribution in [0.1, 0.15) is 122 Å². The average molecular weight is 1160 g/mol. The molecule has 3 aliphatic rings. The average Bonchev–Trinajstić information content (AvgIpc) is 4.39. The Labute approximate surface area is 473 Å². The molecular weight excluding hydrogens is 1080 g/mol. The smallest absolute Gasteiger partial charge is 0.450 e. The molecule has 0 radical (unpaired) electrons. The molecule has 0 aliphatic carbocycles. The third-order valence-electron chi connectivity index (χ3n) is 15.4. The summed E-state index contributed by atoms with van der Waals surface area (Å²) in [4.78, 5) is 58.8. The predicted octanol–water partition coefficient (Wildman–Crippen LogP) is 9.10. The number of nitrogens with zero attached hydrogens (tertiary/aromatic N) is 9. The molecule has 1 aromatic carbocycles.